The highest BCUT2D eigenvalue weighted by molar-refractivity contribution is 6.30. The lowest BCUT2D eigenvalue weighted by molar-refractivity contribution is -0.116. The summed E-state index contributed by atoms with van der Waals surface area (Å²) < 4.78 is 3.21. The standard InChI is InChI=1S/C15H14ClN5O/c1-20-9-13(8-17-20)18-15(22)10-21-6-5-14(19-21)11-3-2-4-12(16)7-11/h2-9H,10H2,1H3,(H,18,22). The molecule has 0 spiro atoms. The van der Waals surface area contributed by atoms with Gasteiger partial charge in [-0.3, -0.25) is 14.2 Å². The van der Waals surface area contributed by atoms with E-state index in [1.807, 2.05) is 30.3 Å². The monoisotopic (exact) mass is 315 g/mol. The molecule has 2 heterocycles. The molecule has 2 aromatic heterocycles. The van der Waals surface area contributed by atoms with E-state index in [1.54, 1.807) is 35.0 Å². The summed E-state index contributed by atoms with van der Waals surface area (Å²) in [7, 11) is 1.79. The quantitative estimate of drug-likeness (QED) is 0.804. The number of nitrogens with zero attached hydrogens (tertiary/aromatic N) is 4. The molecule has 3 aromatic rings. The van der Waals surface area contributed by atoms with Crippen LogP contribution in [0.25, 0.3) is 11.3 Å². The minimum atomic E-state index is -0.159. The fourth-order valence-electron chi connectivity index (χ4n) is 2.08. The van der Waals surface area contributed by atoms with E-state index in [0.29, 0.717) is 10.7 Å². The van der Waals surface area contributed by atoms with Crippen molar-refractivity contribution in [2.45, 2.75) is 6.54 Å². The largest absolute Gasteiger partial charge is 0.322 e. The molecule has 22 heavy (non-hydrogen) atoms. The highest BCUT2D eigenvalue weighted by Crippen LogP contribution is 2.20. The van der Waals surface area contributed by atoms with Crippen LogP contribution >= 0.6 is 11.6 Å². The first-order chi connectivity index (χ1) is 10.6. The van der Waals surface area contributed by atoms with E-state index >= 15 is 0 Å². The van der Waals surface area contributed by atoms with E-state index in [9.17, 15) is 4.79 Å². The predicted octanol–water partition coefficient (Wildman–Crippen LogP) is 2.58. The Hall–Kier alpha value is -2.60. The highest BCUT2D eigenvalue weighted by Gasteiger charge is 2.08. The van der Waals surface area contributed by atoms with E-state index in [-0.39, 0.29) is 12.5 Å². The van der Waals surface area contributed by atoms with Gasteiger partial charge in [0.15, 0.2) is 0 Å². The summed E-state index contributed by atoms with van der Waals surface area (Å²) in [6.45, 7) is 0.134. The van der Waals surface area contributed by atoms with Crippen LogP contribution < -0.4 is 5.32 Å². The van der Waals surface area contributed by atoms with Crippen LogP contribution in [0.15, 0.2) is 48.9 Å². The number of rotatable bonds is 4. The molecule has 6 nitrogen and oxygen atoms in total. The summed E-state index contributed by atoms with van der Waals surface area (Å²) in [6.07, 6.45) is 5.09. The second-order valence-electron chi connectivity index (χ2n) is 4.86. The zero-order chi connectivity index (χ0) is 15.5. The summed E-state index contributed by atoms with van der Waals surface area (Å²) in [4.78, 5) is 12.0. The first-order valence-corrected chi connectivity index (χ1v) is 7.06. The zero-order valence-electron chi connectivity index (χ0n) is 11.9. The molecule has 0 aliphatic heterocycles. The number of benzene rings is 1. The molecule has 0 radical (unpaired) electrons. The van der Waals surface area contributed by atoms with E-state index < -0.39 is 0 Å². The number of aryl methyl sites for hydroxylation is 1. The Morgan fingerprint density at radius 2 is 2.23 bits per heavy atom. The van der Waals surface area contributed by atoms with Gasteiger partial charge in [0.25, 0.3) is 0 Å². The summed E-state index contributed by atoms with van der Waals surface area (Å²) in [5, 5.41) is 11.8. The Labute approximate surface area is 132 Å². The molecule has 112 valence electrons. The number of hydrogen-bond donors (Lipinski definition) is 1. The second kappa shape index (κ2) is 6.03. The van der Waals surface area contributed by atoms with Gasteiger partial charge < -0.3 is 5.32 Å². The lowest BCUT2D eigenvalue weighted by atomic mass is 10.2. The molecule has 0 unspecified atom stereocenters. The molecule has 1 N–H and O–H groups in total. The maximum absolute atomic E-state index is 12.0. The van der Waals surface area contributed by atoms with Crippen LogP contribution in [0.3, 0.4) is 0 Å². The Morgan fingerprint density at radius 3 is 2.95 bits per heavy atom. The van der Waals surface area contributed by atoms with Gasteiger partial charge in [-0.25, -0.2) is 0 Å². The maximum Gasteiger partial charge on any atom is 0.246 e. The van der Waals surface area contributed by atoms with E-state index in [1.165, 1.54) is 0 Å². The Bertz CT molecular complexity index is 808. The molecular formula is C15H14ClN5O. The molecule has 0 fully saturated rings. The summed E-state index contributed by atoms with van der Waals surface area (Å²) in [5.74, 6) is -0.159. The van der Waals surface area contributed by atoms with Crippen LogP contribution in [0.4, 0.5) is 5.69 Å². The van der Waals surface area contributed by atoms with E-state index in [2.05, 4.69) is 15.5 Å². The van der Waals surface area contributed by atoms with Crippen LogP contribution in [0.5, 0.6) is 0 Å². The van der Waals surface area contributed by atoms with E-state index in [0.717, 1.165) is 11.3 Å². The number of halogens is 1. The fraction of sp³-hybridized carbons (Fsp3) is 0.133. The van der Waals surface area contributed by atoms with E-state index in [4.69, 9.17) is 11.6 Å². The number of carbonyl (C=O) groups is 1. The lowest BCUT2D eigenvalue weighted by Crippen LogP contribution is -2.18. The van der Waals surface area contributed by atoms with Gasteiger partial charge in [-0.2, -0.15) is 10.2 Å². The van der Waals surface area contributed by atoms with Gasteiger partial charge in [0, 0.05) is 30.0 Å². The third-order valence-electron chi connectivity index (χ3n) is 3.06. The third kappa shape index (κ3) is 3.35. The van der Waals surface area contributed by atoms with Crippen molar-refractivity contribution in [3.05, 3.63) is 53.9 Å². The lowest BCUT2D eigenvalue weighted by Gasteiger charge is -2.02. The highest BCUT2D eigenvalue weighted by atomic mass is 35.5. The number of aromatic nitrogens is 4. The number of anilines is 1. The van der Waals surface area contributed by atoms with Crippen LogP contribution in [0.1, 0.15) is 0 Å². The number of nitrogens with one attached hydrogen (secondary N) is 1. The smallest absolute Gasteiger partial charge is 0.246 e. The van der Waals surface area contributed by atoms with Crippen LogP contribution in [0, 0.1) is 0 Å². The van der Waals surface area contributed by atoms with Crippen molar-refractivity contribution in [1.29, 1.82) is 0 Å². The number of hydrogen-bond acceptors (Lipinski definition) is 3. The minimum absolute atomic E-state index is 0.134. The number of carbonyl (C=O) groups excluding carboxylic acids is 1. The average Bonchev–Trinajstić information content (AvgIpc) is 3.08. The topological polar surface area (TPSA) is 64.7 Å². The first kappa shape index (κ1) is 14.3. The summed E-state index contributed by atoms with van der Waals surface area (Å²) in [6, 6.07) is 9.29. The molecule has 1 aromatic carbocycles. The van der Waals surface area contributed by atoms with Gasteiger partial charge in [0.1, 0.15) is 6.54 Å². The molecule has 0 aliphatic carbocycles. The molecular weight excluding hydrogens is 302 g/mol. The Morgan fingerprint density at radius 1 is 1.36 bits per heavy atom. The molecule has 0 saturated heterocycles. The molecule has 0 atom stereocenters. The van der Waals surface area contributed by atoms with Gasteiger partial charge in [0.2, 0.25) is 5.91 Å². The van der Waals surface area contributed by atoms with Crippen molar-refractivity contribution in [3.8, 4) is 11.3 Å². The average molecular weight is 316 g/mol. The first-order valence-electron chi connectivity index (χ1n) is 6.68. The normalized spacial score (nSPS) is 10.6. The predicted molar refractivity (Wildman–Crippen MR) is 84.5 cm³/mol. The Balaban J connectivity index is 1.67. The van der Waals surface area contributed by atoms with Crippen molar-refractivity contribution in [2.75, 3.05) is 5.32 Å². The maximum atomic E-state index is 12.0. The molecule has 0 aliphatic rings. The van der Waals surface area contributed by atoms with Crippen molar-refractivity contribution in [1.82, 2.24) is 19.6 Å². The SMILES string of the molecule is Cn1cc(NC(=O)Cn2ccc(-c3cccc(Cl)c3)n2)cn1. The third-order valence-corrected chi connectivity index (χ3v) is 3.29. The second-order valence-corrected chi connectivity index (χ2v) is 5.30. The molecule has 7 heteroatoms. The van der Waals surface area contributed by atoms with Crippen LogP contribution in [0.2, 0.25) is 5.02 Å². The van der Waals surface area contributed by atoms with Crippen molar-refractivity contribution in [3.63, 3.8) is 0 Å². The van der Waals surface area contributed by atoms with Gasteiger partial charge in [-0.15, -0.1) is 0 Å². The molecule has 1 amide bonds. The van der Waals surface area contributed by atoms with Crippen LogP contribution in [-0.2, 0) is 18.4 Å². The Kier molecular flexibility index (Phi) is 3.93. The summed E-state index contributed by atoms with van der Waals surface area (Å²) >= 11 is 5.97. The minimum Gasteiger partial charge on any atom is -0.322 e. The number of amides is 1. The molecule has 3 rings (SSSR count). The van der Waals surface area contributed by atoms with Crippen molar-refractivity contribution in [2.24, 2.45) is 7.05 Å². The summed E-state index contributed by atoms with van der Waals surface area (Å²) in [5.41, 5.74) is 2.35. The van der Waals surface area contributed by atoms with Crippen molar-refractivity contribution < 1.29 is 4.79 Å². The van der Waals surface area contributed by atoms with Crippen molar-refractivity contribution >= 4 is 23.2 Å². The van der Waals surface area contributed by atoms with Gasteiger partial charge >= 0.3 is 0 Å². The zero-order valence-corrected chi connectivity index (χ0v) is 12.7. The molecule has 0 bridgehead atoms. The van der Waals surface area contributed by atoms with Gasteiger partial charge in [-0.1, -0.05) is 23.7 Å². The van der Waals surface area contributed by atoms with Gasteiger partial charge in [0.05, 0.1) is 17.6 Å². The van der Waals surface area contributed by atoms with Gasteiger partial charge in [-0.05, 0) is 18.2 Å². The molecule has 0 saturated carbocycles. The fourth-order valence-corrected chi connectivity index (χ4v) is 2.28. The van der Waals surface area contributed by atoms with Crippen LogP contribution in [-0.4, -0.2) is 25.5 Å².